The van der Waals surface area contributed by atoms with Crippen LogP contribution in [-0.2, 0) is 15.9 Å². The molecule has 0 atom stereocenters. The van der Waals surface area contributed by atoms with Gasteiger partial charge in [-0.05, 0) is 11.0 Å². The van der Waals surface area contributed by atoms with Gasteiger partial charge in [0.15, 0.2) is 11.4 Å². The van der Waals surface area contributed by atoms with Crippen LogP contribution >= 0.6 is 11.6 Å². The van der Waals surface area contributed by atoms with Crippen molar-refractivity contribution in [3.05, 3.63) is 71.0 Å². The molecule has 4 rings (SSSR count). The van der Waals surface area contributed by atoms with Gasteiger partial charge in [-0.15, -0.1) is 0 Å². The van der Waals surface area contributed by atoms with Gasteiger partial charge < -0.3 is 13.9 Å². The summed E-state index contributed by atoms with van der Waals surface area (Å²) in [5, 5.41) is 0.210. The quantitative estimate of drug-likeness (QED) is 0.475. The van der Waals surface area contributed by atoms with Gasteiger partial charge in [0.25, 0.3) is 0 Å². The standard InChI is InChI=1S/C22H22BClN2O3/c1-22(2)14-28-23(29-15-22)18-10-8-16(9-11-18)12-26-19(13-27)20(24)25-21(26)17-6-4-3-5-7-17/h3-11,13H,12,14-15H2,1-2H3. The summed E-state index contributed by atoms with van der Waals surface area (Å²) in [5.41, 5.74) is 3.32. The molecule has 7 heteroatoms. The lowest BCUT2D eigenvalue weighted by molar-refractivity contribution is 0.0343. The predicted molar refractivity (Wildman–Crippen MR) is 115 cm³/mol. The van der Waals surface area contributed by atoms with E-state index in [0.29, 0.717) is 31.3 Å². The monoisotopic (exact) mass is 408 g/mol. The molecule has 0 radical (unpaired) electrons. The normalized spacial score (nSPS) is 16.0. The van der Waals surface area contributed by atoms with Crippen molar-refractivity contribution in [2.45, 2.75) is 20.4 Å². The molecule has 5 nitrogen and oxygen atoms in total. The molecule has 3 aromatic rings. The number of aromatic nitrogens is 2. The van der Waals surface area contributed by atoms with Crippen LogP contribution in [0.4, 0.5) is 0 Å². The van der Waals surface area contributed by atoms with Gasteiger partial charge in [0.1, 0.15) is 11.5 Å². The Morgan fingerprint density at radius 2 is 1.76 bits per heavy atom. The van der Waals surface area contributed by atoms with Gasteiger partial charge in [-0.2, -0.15) is 0 Å². The number of carbonyl (C=O) groups excluding carboxylic acids is 1. The Morgan fingerprint density at radius 3 is 2.38 bits per heavy atom. The first kappa shape index (κ1) is 19.9. The van der Waals surface area contributed by atoms with Crippen molar-refractivity contribution >= 4 is 30.5 Å². The summed E-state index contributed by atoms with van der Waals surface area (Å²) < 4.78 is 13.5. The molecular formula is C22H22BClN2O3. The van der Waals surface area contributed by atoms with E-state index in [0.717, 1.165) is 22.9 Å². The molecule has 0 amide bonds. The van der Waals surface area contributed by atoms with E-state index in [9.17, 15) is 4.79 Å². The van der Waals surface area contributed by atoms with E-state index in [-0.39, 0.29) is 17.7 Å². The smallest absolute Gasteiger partial charge is 0.407 e. The molecule has 148 valence electrons. The van der Waals surface area contributed by atoms with Crippen molar-refractivity contribution in [2.24, 2.45) is 5.41 Å². The fourth-order valence-electron chi connectivity index (χ4n) is 3.36. The van der Waals surface area contributed by atoms with Gasteiger partial charge in [0.2, 0.25) is 0 Å². The molecule has 1 saturated heterocycles. The first-order valence-corrected chi connectivity index (χ1v) is 9.93. The van der Waals surface area contributed by atoms with E-state index in [4.69, 9.17) is 20.9 Å². The second kappa shape index (κ2) is 8.15. The summed E-state index contributed by atoms with van der Waals surface area (Å²) in [7, 11) is -0.342. The average Bonchev–Trinajstić information content (AvgIpc) is 3.04. The summed E-state index contributed by atoms with van der Waals surface area (Å²) >= 11 is 6.22. The Bertz CT molecular complexity index is 993. The number of carbonyl (C=O) groups is 1. The first-order chi connectivity index (χ1) is 14.0. The zero-order valence-corrected chi connectivity index (χ0v) is 17.2. The topological polar surface area (TPSA) is 53.4 Å². The van der Waals surface area contributed by atoms with Gasteiger partial charge in [0.05, 0.1) is 0 Å². The fraction of sp³-hybridized carbons (Fsp3) is 0.273. The SMILES string of the molecule is CC1(C)COB(c2ccc(Cn3c(-c4ccccc4)nc(Cl)c3C=O)cc2)OC1. The van der Waals surface area contributed by atoms with Crippen molar-refractivity contribution in [1.82, 2.24) is 9.55 Å². The van der Waals surface area contributed by atoms with Crippen molar-refractivity contribution in [3.63, 3.8) is 0 Å². The summed E-state index contributed by atoms with van der Waals surface area (Å²) in [4.78, 5) is 16.0. The van der Waals surface area contributed by atoms with E-state index in [1.807, 2.05) is 59.2 Å². The highest BCUT2D eigenvalue weighted by molar-refractivity contribution is 6.61. The Kier molecular flexibility index (Phi) is 5.59. The van der Waals surface area contributed by atoms with E-state index in [1.54, 1.807) is 0 Å². The number of imidazole rings is 1. The van der Waals surface area contributed by atoms with Crippen LogP contribution in [0.25, 0.3) is 11.4 Å². The van der Waals surface area contributed by atoms with Crippen LogP contribution in [0.15, 0.2) is 54.6 Å². The van der Waals surface area contributed by atoms with Crippen LogP contribution in [0.1, 0.15) is 29.9 Å². The lowest BCUT2D eigenvalue weighted by Crippen LogP contribution is -2.47. The number of hydrogen-bond acceptors (Lipinski definition) is 4. The third-order valence-electron chi connectivity index (χ3n) is 4.95. The van der Waals surface area contributed by atoms with Crippen LogP contribution in [0.5, 0.6) is 0 Å². The van der Waals surface area contributed by atoms with Gasteiger partial charge in [-0.3, -0.25) is 4.79 Å². The minimum atomic E-state index is -0.342. The van der Waals surface area contributed by atoms with Crippen molar-refractivity contribution in [1.29, 1.82) is 0 Å². The summed E-state index contributed by atoms with van der Waals surface area (Å²) in [6, 6.07) is 17.7. The Labute approximate surface area is 175 Å². The zero-order chi connectivity index (χ0) is 20.4. The first-order valence-electron chi connectivity index (χ1n) is 9.55. The molecule has 1 aliphatic rings. The minimum absolute atomic E-state index is 0.0379. The number of rotatable bonds is 5. The van der Waals surface area contributed by atoms with Crippen LogP contribution in [0.2, 0.25) is 5.15 Å². The molecule has 1 aliphatic heterocycles. The molecular weight excluding hydrogens is 387 g/mol. The second-order valence-electron chi connectivity index (χ2n) is 8.04. The molecule has 0 saturated carbocycles. The predicted octanol–water partition coefficient (Wildman–Crippen LogP) is 3.83. The third-order valence-corrected chi connectivity index (χ3v) is 5.23. The van der Waals surface area contributed by atoms with Crippen LogP contribution < -0.4 is 5.46 Å². The largest absolute Gasteiger partial charge is 0.493 e. The molecule has 0 bridgehead atoms. The maximum absolute atomic E-state index is 11.6. The van der Waals surface area contributed by atoms with Crippen LogP contribution in [0.3, 0.4) is 0 Å². The van der Waals surface area contributed by atoms with Crippen molar-refractivity contribution in [3.8, 4) is 11.4 Å². The molecule has 0 spiro atoms. The van der Waals surface area contributed by atoms with E-state index in [2.05, 4.69) is 18.8 Å². The molecule has 1 fully saturated rings. The van der Waals surface area contributed by atoms with Crippen molar-refractivity contribution in [2.75, 3.05) is 13.2 Å². The van der Waals surface area contributed by atoms with E-state index in [1.165, 1.54) is 0 Å². The summed E-state index contributed by atoms with van der Waals surface area (Å²) in [5.74, 6) is 0.669. The fourth-order valence-corrected chi connectivity index (χ4v) is 3.59. The molecule has 2 heterocycles. The Morgan fingerprint density at radius 1 is 1.10 bits per heavy atom. The van der Waals surface area contributed by atoms with Crippen LogP contribution in [0, 0.1) is 5.41 Å². The number of nitrogens with zero attached hydrogens (tertiary/aromatic N) is 2. The summed E-state index contributed by atoms with van der Waals surface area (Å²) in [6.45, 7) is 6.05. The number of hydrogen-bond donors (Lipinski definition) is 0. The van der Waals surface area contributed by atoms with Gasteiger partial charge in [0, 0.05) is 30.7 Å². The zero-order valence-electron chi connectivity index (χ0n) is 16.5. The van der Waals surface area contributed by atoms with E-state index >= 15 is 0 Å². The molecule has 2 aromatic carbocycles. The lowest BCUT2D eigenvalue weighted by Gasteiger charge is -2.33. The number of aldehydes is 1. The maximum Gasteiger partial charge on any atom is 0.493 e. The molecule has 0 unspecified atom stereocenters. The van der Waals surface area contributed by atoms with Gasteiger partial charge >= 0.3 is 7.12 Å². The van der Waals surface area contributed by atoms with Crippen LogP contribution in [-0.4, -0.2) is 36.2 Å². The molecule has 29 heavy (non-hydrogen) atoms. The number of benzene rings is 2. The van der Waals surface area contributed by atoms with Gasteiger partial charge in [-0.25, -0.2) is 4.98 Å². The molecule has 0 aliphatic carbocycles. The van der Waals surface area contributed by atoms with Crippen molar-refractivity contribution < 1.29 is 14.1 Å². The highest BCUT2D eigenvalue weighted by Gasteiger charge is 2.33. The highest BCUT2D eigenvalue weighted by Crippen LogP contribution is 2.26. The second-order valence-corrected chi connectivity index (χ2v) is 8.40. The van der Waals surface area contributed by atoms with Gasteiger partial charge in [-0.1, -0.05) is 80.0 Å². The Balaban J connectivity index is 1.58. The average molecular weight is 409 g/mol. The summed E-state index contributed by atoms with van der Waals surface area (Å²) in [6.07, 6.45) is 0.752. The number of halogens is 1. The van der Waals surface area contributed by atoms with E-state index < -0.39 is 0 Å². The molecule has 1 aromatic heterocycles. The maximum atomic E-state index is 11.6. The third kappa shape index (κ3) is 4.30. The lowest BCUT2D eigenvalue weighted by atomic mass is 9.76. The highest BCUT2D eigenvalue weighted by atomic mass is 35.5. The Hall–Kier alpha value is -2.41. The molecule has 0 N–H and O–H groups in total. The minimum Gasteiger partial charge on any atom is -0.407 e.